The van der Waals surface area contributed by atoms with E-state index in [1.54, 1.807) is 27.7 Å². The van der Waals surface area contributed by atoms with Gasteiger partial charge in [0.1, 0.15) is 11.8 Å². The summed E-state index contributed by atoms with van der Waals surface area (Å²) in [7, 11) is 0. The number of imide groups is 1. The lowest BCUT2D eigenvalue weighted by molar-refractivity contribution is -0.182. The van der Waals surface area contributed by atoms with Crippen LogP contribution in [-0.2, 0) is 33.8 Å². The standard InChI is InChI=1S/C29H35FN4O4/c1-28(2)16-33(17-29(3,4)38-28)14-19-8-5-7-18(25(19)30)13-31-22-10-6-9-20-21(22)15-34(27(20)37)23-11-12-24(35)32-26(23)36/h5-10,23,31H,11-17H2,1-4H3,(H,32,35,36)/i13D2,14D2,15D2,23D. The molecule has 2 aromatic carbocycles. The predicted octanol–water partition coefficient (Wildman–Crippen LogP) is 3.59. The number of nitrogens with zero attached hydrogens (tertiary/aromatic N) is 2. The molecule has 0 saturated carbocycles. The van der Waals surface area contributed by atoms with Gasteiger partial charge in [0.25, 0.3) is 5.91 Å². The van der Waals surface area contributed by atoms with E-state index in [9.17, 15) is 14.4 Å². The molecule has 0 aliphatic carbocycles. The third-order valence-electron chi connectivity index (χ3n) is 6.40. The van der Waals surface area contributed by atoms with Gasteiger partial charge < -0.3 is 15.0 Å². The van der Waals surface area contributed by atoms with Gasteiger partial charge in [-0.15, -0.1) is 0 Å². The molecule has 2 fully saturated rings. The summed E-state index contributed by atoms with van der Waals surface area (Å²) in [5, 5.41) is 4.47. The SMILES string of the molecule is [2H]C([2H])(Nc1cccc2c1C([2H])([2H])N(C1([2H])CCC(=O)NC1=O)C2=O)c1cccc(C([2H])([2H])N2CC(C)(C)OC(C)(C)C2)c1F. The molecule has 0 spiro atoms. The van der Waals surface area contributed by atoms with E-state index in [0.717, 1.165) is 6.07 Å². The fraction of sp³-hybridized carbons (Fsp3) is 0.483. The molecule has 5 rings (SSSR count). The van der Waals surface area contributed by atoms with Crippen LogP contribution in [-0.4, -0.2) is 57.8 Å². The van der Waals surface area contributed by atoms with Crippen molar-refractivity contribution in [3.63, 3.8) is 0 Å². The van der Waals surface area contributed by atoms with E-state index < -0.39 is 77.8 Å². The second-order valence-corrected chi connectivity index (χ2v) is 10.8. The number of halogens is 1. The van der Waals surface area contributed by atoms with Crippen LogP contribution in [0.15, 0.2) is 36.4 Å². The van der Waals surface area contributed by atoms with Gasteiger partial charge in [0.05, 0.1) is 18.1 Å². The summed E-state index contributed by atoms with van der Waals surface area (Å²) in [5.41, 5.74) is -3.29. The Bertz CT molecular complexity index is 1590. The van der Waals surface area contributed by atoms with Crippen LogP contribution in [0.5, 0.6) is 0 Å². The molecular weight excluding hydrogens is 487 g/mol. The van der Waals surface area contributed by atoms with Crippen molar-refractivity contribution in [2.24, 2.45) is 0 Å². The van der Waals surface area contributed by atoms with Gasteiger partial charge in [-0.05, 0) is 46.2 Å². The monoisotopic (exact) mass is 529 g/mol. The maximum Gasteiger partial charge on any atom is 0.255 e. The smallest absolute Gasteiger partial charge is 0.255 e. The first-order chi connectivity index (χ1) is 20.5. The molecule has 3 aliphatic heterocycles. The molecule has 8 nitrogen and oxygen atoms in total. The minimum atomic E-state index is -2.81. The molecular formula is C29H35FN4O4. The zero-order valence-corrected chi connectivity index (χ0v) is 21.7. The molecule has 2 aromatic rings. The van der Waals surface area contributed by atoms with E-state index in [0.29, 0.717) is 4.90 Å². The number of nitrogens with one attached hydrogen (secondary N) is 2. The summed E-state index contributed by atoms with van der Waals surface area (Å²) in [6.45, 7) is -0.438. The fourth-order valence-corrected chi connectivity index (χ4v) is 5.13. The van der Waals surface area contributed by atoms with Gasteiger partial charge in [0.2, 0.25) is 11.8 Å². The number of amides is 3. The zero-order valence-electron chi connectivity index (χ0n) is 28.7. The maximum atomic E-state index is 16.2. The Morgan fingerprint density at radius 1 is 1.13 bits per heavy atom. The summed E-state index contributed by atoms with van der Waals surface area (Å²) < 4.78 is 84.0. The van der Waals surface area contributed by atoms with Crippen LogP contribution >= 0.6 is 0 Å². The maximum absolute atomic E-state index is 16.2. The number of hydrogen-bond donors (Lipinski definition) is 2. The van der Waals surface area contributed by atoms with E-state index >= 15 is 4.39 Å². The highest BCUT2D eigenvalue weighted by Crippen LogP contribution is 2.33. The Labute approximate surface area is 232 Å². The van der Waals surface area contributed by atoms with Crippen molar-refractivity contribution in [3.05, 3.63) is 64.5 Å². The van der Waals surface area contributed by atoms with Crippen LogP contribution in [0.3, 0.4) is 0 Å². The van der Waals surface area contributed by atoms with E-state index in [1.165, 1.54) is 35.2 Å². The summed E-state index contributed by atoms with van der Waals surface area (Å²) >= 11 is 0. The van der Waals surface area contributed by atoms with Gasteiger partial charge >= 0.3 is 0 Å². The Balaban J connectivity index is 1.51. The first-order valence-electron chi connectivity index (χ1n) is 15.9. The number of morpholine rings is 1. The van der Waals surface area contributed by atoms with Gasteiger partial charge in [-0.2, -0.15) is 0 Å². The van der Waals surface area contributed by atoms with Gasteiger partial charge in [0.15, 0.2) is 0 Å². The zero-order chi connectivity index (χ0) is 33.5. The molecule has 3 amide bonds. The number of rotatable bonds is 6. The highest BCUT2D eigenvalue weighted by molar-refractivity contribution is 6.06. The summed E-state index contributed by atoms with van der Waals surface area (Å²) in [6, 6.07) is 5.16. The van der Waals surface area contributed by atoms with Crippen molar-refractivity contribution in [3.8, 4) is 0 Å². The minimum Gasteiger partial charge on any atom is -0.381 e. The third kappa shape index (κ3) is 5.31. The van der Waals surface area contributed by atoms with Crippen molar-refractivity contribution in [1.82, 2.24) is 15.1 Å². The lowest BCUT2D eigenvalue weighted by Crippen LogP contribution is -2.56. The molecule has 38 heavy (non-hydrogen) atoms. The number of carbonyl (C=O) groups excluding carboxylic acids is 3. The van der Waals surface area contributed by atoms with Crippen molar-refractivity contribution in [2.75, 3.05) is 18.4 Å². The van der Waals surface area contributed by atoms with Gasteiger partial charge in [-0.1, -0.05) is 24.3 Å². The quantitative estimate of drug-likeness (QED) is 0.556. The highest BCUT2D eigenvalue weighted by Gasteiger charge is 2.40. The summed E-state index contributed by atoms with van der Waals surface area (Å²) in [4.78, 5) is 39.7. The number of benzene rings is 2. The van der Waals surface area contributed by atoms with E-state index in [4.69, 9.17) is 14.3 Å². The number of hydrogen-bond acceptors (Lipinski definition) is 6. The van der Waals surface area contributed by atoms with Crippen LogP contribution in [0.1, 0.15) is 77.2 Å². The first kappa shape index (κ1) is 18.9. The second kappa shape index (κ2) is 9.78. The Morgan fingerprint density at radius 2 is 1.82 bits per heavy atom. The van der Waals surface area contributed by atoms with Crippen LogP contribution in [0.25, 0.3) is 0 Å². The number of ether oxygens (including phenoxy) is 1. The molecule has 2 N–H and O–H groups in total. The molecule has 0 bridgehead atoms. The summed E-state index contributed by atoms with van der Waals surface area (Å²) in [6.07, 6.45) is -0.736. The van der Waals surface area contributed by atoms with Crippen LogP contribution in [0.4, 0.5) is 10.1 Å². The third-order valence-corrected chi connectivity index (χ3v) is 6.40. The van der Waals surface area contributed by atoms with Crippen molar-refractivity contribution in [1.29, 1.82) is 0 Å². The predicted molar refractivity (Wildman–Crippen MR) is 141 cm³/mol. The molecule has 1 atom stereocenters. The van der Waals surface area contributed by atoms with Gasteiger partial charge in [0, 0.05) is 69.7 Å². The second-order valence-electron chi connectivity index (χ2n) is 10.8. The Kier molecular flexibility index (Phi) is 4.86. The molecule has 0 aromatic heterocycles. The van der Waals surface area contributed by atoms with Crippen LogP contribution < -0.4 is 10.6 Å². The normalized spacial score (nSPS) is 29.6. The van der Waals surface area contributed by atoms with Crippen molar-refractivity contribution >= 4 is 23.4 Å². The summed E-state index contributed by atoms with van der Waals surface area (Å²) in [5.74, 6) is -3.97. The Morgan fingerprint density at radius 3 is 2.53 bits per heavy atom. The lowest BCUT2D eigenvalue weighted by atomic mass is 9.98. The van der Waals surface area contributed by atoms with E-state index in [-0.39, 0.29) is 36.3 Å². The van der Waals surface area contributed by atoms with Crippen LogP contribution in [0, 0.1) is 5.82 Å². The lowest BCUT2D eigenvalue weighted by Gasteiger charge is -2.47. The minimum absolute atomic E-state index is 0.137. The number of carbonyl (C=O) groups is 3. The topological polar surface area (TPSA) is 91.0 Å². The molecule has 2 saturated heterocycles. The number of fused-ring (bicyclic) bond motifs is 1. The molecule has 1 unspecified atom stereocenters. The molecule has 3 aliphatic rings. The largest absolute Gasteiger partial charge is 0.381 e. The highest BCUT2D eigenvalue weighted by atomic mass is 19.1. The molecule has 202 valence electrons. The first-order valence-corrected chi connectivity index (χ1v) is 12.4. The van der Waals surface area contributed by atoms with Crippen LogP contribution in [0.2, 0.25) is 0 Å². The molecule has 0 radical (unpaired) electrons. The van der Waals surface area contributed by atoms with E-state index in [1.807, 2.05) is 5.32 Å². The van der Waals surface area contributed by atoms with Gasteiger partial charge in [-0.3, -0.25) is 24.6 Å². The average Bonchev–Trinajstić information content (AvgIpc) is 3.10. The molecule has 3 heterocycles. The number of piperidine rings is 1. The van der Waals surface area contributed by atoms with E-state index in [2.05, 4.69) is 5.32 Å². The fourth-order valence-electron chi connectivity index (χ4n) is 5.13. The molecule has 9 heteroatoms. The average molecular weight is 530 g/mol. The van der Waals surface area contributed by atoms with Gasteiger partial charge in [-0.25, -0.2) is 4.39 Å². The Hall–Kier alpha value is -3.30. The number of anilines is 1. The van der Waals surface area contributed by atoms with Crippen molar-refractivity contribution < 1.29 is 33.1 Å². The van der Waals surface area contributed by atoms with Crippen molar-refractivity contribution in [2.45, 2.75) is 77.2 Å².